The molecule has 7 nitrogen and oxygen atoms in total. The van der Waals surface area contributed by atoms with Gasteiger partial charge in [-0.1, -0.05) is 35.5 Å². The van der Waals surface area contributed by atoms with Gasteiger partial charge in [-0.05, 0) is 18.2 Å². The topological polar surface area (TPSA) is 90.0 Å². The third-order valence-electron chi connectivity index (χ3n) is 4.57. The quantitative estimate of drug-likeness (QED) is 0.528. The molecule has 0 fully saturated rings. The van der Waals surface area contributed by atoms with Crippen molar-refractivity contribution >= 4 is 17.0 Å². The Hall–Kier alpha value is -3.88. The van der Waals surface area contributed by atoms with Crippen molar-refractivity contribution in [1.29, 1.82) is 0 Å². The van der Waals surface area contributed by atoms with Gasteiger partial charge in [0.2, 0.25) is 5.91 Å². The van der Waals surface area contributed by atoms with Crippen LogP contribution in [0.5, 0.6) is 0 Å². The standard InChI is InChI=1S/C21H16F2N4O3/c22-15-6-3-5-13(10-15)19-18-20(30-26-19)25-12-27(21(18)29)9-8-17(28)24-11-14-4-1-2-7-16(14)23/h1-7,10,12H,8-9,11H2,(H,24,28). The van der Waals surface area contributed by atoms with Gasteiger partial charge in [-0.2, -0.15) is 0 Å². The maximum absolute atomic E-state index is 13.6. The second-order valence-electron chi connectivity index (χ2n) is 6.58. The summed E-state index contributed by atoms with van der Waals surface area (Å²) in [5.74, 6) is -1.22. The Bertz CT molecular complexity index is 1280. The number of amides is 1. The molecule has 1 N–H and O–H groups in total. The number of hydrogen-bond donors (Lipinski definition) is 1. The van der Waals surface area contributed by atoms with Crippen molar-refractivity contribution in [3.63, 3.8) is 0 Å². The minimum absolute atomic E-state index is 0.0118. The van der Waals surface area contributed by atoms with E-state index in [1.54, 1.807) is 24.3 Å². The molecule has 4 rings (SSSR count). The number of benzene rings is 2. The van der Waals surface area contributed by atoms with Crippen molar-refractivity contribution in [2.24, 2.45) is 0 Å². The fourth-order valence-corrected chi connectivity index (χ4v) is 3.02. The summed E-state index contributed by atoms with van der Waals surface area (Å²) in [7, 11) is 0. The number of carbonyl (C=O) groups excluding carboxylic acids is 1. The van der Waals surface area contributed by atoms with Crippen molar-refractivity contribution in [2.75, 3.05) is 0 Å². The van der Waals surface area contributed by atoms with Crippen LogP contribution in [0.15, 0.2) is 64.2 Å². The molecule has 0 radical (unpaired) electrons. The van der Waals surface area contributed by atoms with Crippen molar-refractivity contribution in [3.8, 4) is 11.3 Å². The van der Waals surface area contributed by atoms with E-state index in [1.807, 2.05) is 0 Å². The SMILES string of the molecule is O=C(CCn1cnc2onc(-c3cccc(F)c3)c2c1=O)NCc1ccccc1F. The third kappa shape index (κ3) is 3.95. The first-order valence-corrected chi connectivity index (χ1v) is 9.14. The van der Waals surface area contributed by atoms with Crippen molar-refractivity contribution in [2.45, 2.75) is 19.5 Å². The monoisotopic (exact) mass is 410 g/mol. The molecule has 0 aliphatic heterocycles. The fourth-order valence-electron chi connectivity index (χ4n) is 3.02. The predicted octanol–water partition coefficient (Wildman–Crippen LogP) is 3.04. The molecule has 0 aliphatic carbocycles. The first-order chi connectivity index (χ1) is 14.5. The van der Waals surface area contributed by atoms with Gasteiger partial charge in [-0.3, -0.25) is 14.2 Å². The van der Waals surface area contributed by atoms with Gasteiger partial charge in [0.1, 0.15) is 29.0 Å². The van der Waals surface area contributed by atoms with Crippen LogP contribution >= 0.6 is 0 Å². The molecule has 0 saturated carbocycles. The van der Waals surface area contributed by atoms with Gasteiger partial charge in [-0.25, -0.2) is 13.8 Å². The number of aromatic nitrogens is 3. The van der Waals surface area contributed by atoms with Gasteiger partial charge in [0.25, 0.3) is 11.3 Å². The molecule has 4 aromatic rings. The number of nitrogens with zero attached hydrogens (tertiary/aromatic N) is 3. The van der Waals surface area contributed by atoms with Crippen LogP contribution in [-0.2, 0) is 17.9 Å². The van der Waals surface area contributed by atoms with Gasteiger partial charge < -0.3 is 9.84 Å². The summed E-state index contributed by atoms with van der Waals surface area (Å²) < 4.78 is 33.5. The Kier molecular flexibility index (Phi) is 5.34. The van der Waals surface area contributed by atoms with E-state index in [-0.39, 0.29) is 42.2 Å². The lowest BCUT2D eigenvalue weighted by Gasteiger charge is -2.07. The van der Waals surface area contributed by atoms with E-state index in [0.29, 0.717) is 11.1 Å². The van der Waals surface area contributed by atoms with Crippen LogP contribution in [0.2, 0.25) is 0 Å². The summed E-state index contributed by atoms with van der Waals surface area (Å²) in [6, 6.07) is 11.8. The lowest BCUT2D eigenvalue weighted by atomic mass is 10.1. The van der Waals surface area contributed by atoms with E-state index < -0.39 is 17.2 Å². The lowest BCUT2D eigenvalue weighted by Crippen LogP contribution is -2.27. The summed E-state index contributed by atoms with van der Waals surface area (Å²) in [6.45, 7) is 0.103. The molecule has 30 heavy (non-hydrogen) atoms. The highest BCUT2D eigenvalue weighted by Crippen LogP contribution is 2.24. The van der Waals surface area contributed by atoms with Crippen LogP contribution < -0.4 is 10.9 Å². The van der Waals surface area contributed by atoms with Crippen LogP contribution in [0.3, 0.4) is 0 Å². The second kappa shape index (κ2) is 8.24. The molecule has 0 spiro atoms. The Morgan fingerprint density at radius 1 is 1.13 bits per heavy atom. The first kappa shape index (κ1) is 19.4. The second-order valence-corrected chi connectivity index (χ2v) is 6.58. The van der Waals surface area contributed by atoms with E-state index in [1.165, 1.54) is 35.2 Å². The molecular formula is C21H16F2N4O3. The molecule has 2 aromatic carbocycles. The number of carbonyl (C=O) groups is 1. The van der Waals surface area contributed by atoms with Gasteiger partial charge in [-0.15, -0.1) is 0 Å². The maximum Gasteiger partial charge on any atom is 0.266 e. The zero-order valence-electron chi connectivity index (χ0n) is 15.6. The van der Waals surface area contributed by atoms with Crippen LogP contribution in [-0.4, -0.2) is 20.6 Å². The Morgan fingerprint density at radius 3 is 2.77 bits per heavy atom. The molecule has 2 heterocycles. The Labute approximate surface area is 169 Å². The smallest absolute Gasteiger partial charge is 0.266 e. The normalized spacial score (nSPS) is 11.0. The Balaban J connectivity index is 1.50. The molecule has 2 aromatic heterocycles. The van der Waals surface area contributed by atoms with E-state index >= 15 is 0 Å². The summed E-state index contributed by atoms with van der Waals surface area (Å²) >= 11 is 0. The Morgan fingerprint density at radius 2 is 1.97 bits per heavy atom. The van der Waals surface area contributed by atoms with Crippen LogP contribution in [0, 0.1) is 11.6 Å². The molecule has 0 unspecified atom stereocenters. The van der Waals surface area contributed by atoms with Gasteiger partial charge in [0, 0.05) is 30.6 Å². The highest BCUT2D eigenvalue weighted by molar-refractivity contribution is 5.88. The zero-order valence-corrected chi connectivity index (χ0v) is 15.6. The molecule has 9 heteroatoms. The van der Waals surface area contributed by atoms with E-state index in [2.05, 4.69) is 15.5 Å². The molecule has 0 aliphatic rings. The first-order valence-electron chi connectivity index (χ1n) is 9.14. The third-order valence-corrected chi connectivity index (χ3v) is 4.57. The maximum atomic E-state index is 13.6. The van der Waals surface area contributed by atoms with Crippen molar-refractivity contribution in [3.05, 3.63) is 82.4 Å². The fraction of sp³-hybridized carbons (Fsp3) is 0.143. The highest BCUT2D eigenvalue weighted by Gasteiger charge is 2.17. The minimum Gasteiger partial charge on any atom is -0.352 e. The minimum atomic E-state index is -0.473. The van der Waals surface area contributed by atoms with Crippen LogP contribution in [0.4, 0.5) is 8.78 Å². The summed E-state index contributed by atoms with van der Waals surface area (Å²) in [6.07, 6.45) is 1.25. The van der Waals surface area contributed by atoms with E-state index in [4.69, 9.17) is 4.52 Å². The van der Waals surface area contributed by atoms with Gasteiger partial charge in [0.15, 0.2) is 0 Å². The summed E-state index contributed by atoms with van der Waals surface area (Å²) in [5.41, 5.74) is 0.505. The molecule has 0 atom stereocenters. The van der Waals surface area contributed by atoms with Crippen LogP contribution in [0.1, 0.15) is 12.0 Å². The summed E-state index contributed by atoms with van der Waals surface area (Å²) in [4.78, 5) is 29.0. The molecular weight excluding hydrogens is 394 g/mol. The average molecular weight is 410 g/mol. The largest absolute Gasteiger partial charge is 0.352 e. The molecule has 152 valence electrons. The predicted molar refractivity (Wildman–Crippen MR) is 104 cm³/mol. The highest BCUT2D eigenvalue weighted by atomic mass is 19.1. The van der Waals surface area contributed by atoms with Gasteiger partial charge in [0.05, 0.1) is 0 Å². The lowest BCUT2D eigenvalue weighted by molar-refractivity contribution is -0.121. The van der Waals surface area contributed by atoms with E-state index in [9.17, 15) is 18.4 Å². The summed E-state index contributed by atoms with van der Waals surface area (Å²) in [5, 5.41) is 6.57. The zero-order chi connectivity index (χ0) is 21.1. The number of fused-ring (bicyclic) bond motifs is 1. The number of rotatable bonds is 6. The number of halogens is 2. The number of hydrogen-bond acceptors (Lipinski definition) is 5. The molecule has 1 amide bonds. The average Bonchev–Trinajstić information content (AvgIpc) is 3.18. The molecule has 0 saturated heterocycles. The number of nitrogens with one attached hydrogen (secondary N) is 1. The number of aryl methyl sites for hydroxylation is 1. The van der Waals surface area contributed by atoms with E-state index in [0.717, 1.165) is 0 Å². The molecule has 0 bridgehead atoms. The van der Waals surface area contributed by atoms with Gasteiger partial charge >= 0.3 is 0 Å². The van der Waals surface area contributed by atoms with Crippen molar-refractivity contribution < 1.29 is 18.1 Å². The van der Waals surface area contributed by atoms with Crippen LogP contribution in [0.25, 0.3) is 22.4 Å². The van der Waals surface area contributed by atoms with Crippen molar-refractivity contribution in [1.82, 2.24) is 20.0 Å².